The van der Waals surface area contributed by atoms with Gasteiger partial charge in [0.1, 0.15) is 5.76 Å². The first-order chi connectivity index (χ1) is 16.2. The number of carbonyl (C=O) groups excluding carboxylic acids is 2. The number of H-pyrrole nitrogens is 1. The number of Topliss-reactive ketones (excluding diaryl/α,β-unsaturated/α-hetero) is 1. The Hall–Kier alpha value is -3.82. The Kier molecular flexibility index (Phi) is 6.32. The third-order valence-electron chi connectivity index (χ3n) is 5.69. The normalized spacial score (nSPS) is 18.0. The standard InChI is InChI=1S/C25H23N3O5S/c1-27(2)34(32,33)20-12-10-19(11-13-20)23(29)21-22(18-8-4-3-5-9-18)28(25(31)24(21)30)16-17-7-6-14-26-15-17/h3-15,22,29H,16H2,1-2H3/p+1. The van der Waals surface area contributed by atoms with Crippen molar-refractivity contribution >= 4 is 27.5 Å². The van der Waals surface area contributed by atoms with Gasteiger partial charge in [-0.15, -0.1) is 0 Å². The van der Waals surface area contributed by atoms with Crippen LogP contribution >= 0.6 is 0 Å². The van der Waals surface area contributed by atoms with Gasteiger partial charge in [-0.3, -0.25) is 9.59 Å². The van der Waals surface area contributed by atoms with Gasteiger partial charge in [0.05, 0.1) is 23.1 Å². The van der Waals surface area contributed by atoms with Crippen molar-refractivity contribution < 1.29 is 28.1 Å². The molecule has 0 spiro atoms. The summed E-state index contributed by atoms with van der Waals surface area (Å²) in [6.07, 6.45) is 3.48. The monoisotopic (exact) mass is 478 g/mol. The lowest BCUT2D eigenvalue weighted by atomic mass is 9.95. The minimum Gasteiger partial charge on any atom is -0.507 e. The Morgan fingerprint density at radius 2 is 1.68 bits per heavy atom. The van der Waals surface area contributed by atoms with Gasteiger partial charge < -0.3 is 10.0 Å². The number of nitrogens with one attached hydrogen (secondary N) is 1. The summed E-state index contributed by atoms with van der Waals surface area (Å²) in [6, 6.07) is 17.4. The van der Waals surface area contributed by atoms with E-state index in [1.165, 1.54) is 43.3 Å². The summed E-state index contributed by atoms with van der Waals surface area (Å²) in [5.41, 5.74) is 1.67. The molecule has 1 aromatic heterocycles. The van der Waals surface area contributed by atoms with Crippen LogP contribution in [0.4, 0.5) is 0 Å². The molecule has 1 aliphatic rings. The van der Waals surface area contributed by atoms with E-state index < -0.39 is 27.8 Å². The van der Waals surface area contributed by atoms with Crippen molar-refractivity contribution in [1.29, 1.82) is 0 Å². The lowest BCUT2D eigenvalue weighted by Gasteiger charge is -2.25. The number of ketones is 1. The van der Waals surface area contributed by atoms with E-state index in [1.807, 2.05) is 12.1 Å². The van der Waals surface area contributed by atoms with Crippen molar-refractivity contribution in [1.82, 2.24) is 9.21 Å². The van der Waals surface area contributed by atoms with Crippen LogP contribution < -0.4 is 4.98 Å². The first kappa shape index (κ1) is 23.3. The maximum Gasteiger partial charge on any atom is 0.295 e. The molecule has 34 heavy (non-hydrogen) atoms. The maximum absolute atomic E-state index is 13.1. The fourth-order valence-corrected chi connectivity index (χ4v) is 4.80. The molecule has 1 fully saturated rings. The van der Waals surface area contributed by atoms with Crippen molar-refractivity contribution in [2.24, 2.45) is 0 Å². The highest BCUT2D eigenvalue weighted by atomic mass is 32.2. The summed E-state index contributed by atoms with van der Waals surface area (Å²) >= 11 is 0. The molecule has 8 nitrogen and oxygen atoms in total. The van der Waals surface area contributed by atoms with Crippen LogP contribution in [-0.4, -0.2) is 48.5 Å². The minimum atomic E-state index is -3.65. The Morgan fingerprint density at radius 3 is 2.26 bits per heavy atom. The molecule has 1 atom stereocenters. The highest BCUT2D eigenvalue weighted by Crippen LogP contribution is 2.40. The Balaban J connectivity index is 1.81. The first-order valence-corrected chi connectivity index (χ1v) is 12.0. The van der Waals surface area contributed by atoms with E-state index in [-0.39, 0.29) is 28.3 Å². The first-order valence-electron chi connectivity index (χ1n) is 10.5. The molecule has 0 radical (unpaired) electrons. The second-order valence-corrected chi connectivity index (χ2v) is 10.2. The van der Waals surface area contributed by atoms with Gasteiger partial charge in [0.2, 0.25) is 10.0 Å². The van der Waals surface area contributed by atoms with Gasteiger partial charge in [0.15, 0.2) is 12.4 Å². The number of carbonyl (C=O) groups is 2. The molecule has 2 heterocycles. The molecule has 2 N–H and O–H groups in total. The Bertz CT molecular complexity index is 1350. The number of benzene rings is 2. The van der Waals surface area contributed by atoms with Crippen molar-refractivity contribution in [2.45, 2.75) is 17.5 Å². The number of aliphatic hydroxyl groups is 1. The maximum atomic E-state index is 13.1. The van der Waals surface area contributed by atoms with E-state index in [0.29, 0.717) is 5.56 Å². The number of sulfonamides is 1. The predicted molar refractivity (Wildman–Crippen MR) is 125 cm³/mol. The number of amides is 1. The van der Waals surface area contributed by atoms with E-state index in [9.17, 15) is 23.1 Å². The SMILES string of the molecule is CN(C)S(=O)(=O)c1ccc(C(O)=C2C(=O)C(=O)N(Cc3ccc[nH+]c3)C2c2ccccc2)cc1. The van der Waals surface area contributed by atoms with Gasteiger partial charge in [0.25, 0.3) is 11.7 Å². The number of aromatic amines is 1. The number of pyridine rings is 1. The van der Waals surface area contributed by atoms with Crippen molar-refractivity contribution in [3.05, 3.63) is 101 Å². The smallest absolute Gasteiger partial charge is 0.295 e. The molecule has 174 valence electrons. The fourth-order valence-electron chi connectivity index (χ4n) is 3.90. The molecule has 9 heteroatoms. The molecule has 1 aliphatic heterocycles. The lowest BCUT2D eigenvalue weighted by Crippen LogP contribution is -2.29. The number of aromatic nitrogens is 1. The molecular formula is C25H24N3O5S+. The molecule has 1 amide bonds. The predicted octanol–water partition coefficient (Wildman–Crippen LogP) is 2.37. The van der Waals surface area contributed by atoms with Crippen molar-refractivity contribution in [3.63, 3.8) is 0 Å². The van der Waals surface area contributed by atoms with Crippen LogP contribution in [0.3, 0.4) is 0 Å². The van der Waals surface area contributed by atoms with Gasteiger partial charge in [0, 0.05) is 31.3 Å². The van der Waals surface area contributed by atoms with Crippen LogP contribution in [0.25, 0.3) is 5.76 Å². The van der Waals surface area contributed by atoms with E-state index in [2.05, 4.69) is 4.98 Å². The molecular weight excluding hydrogens is 454 g/mol. The number of likely N-dealkylation sites (tertiary alicyclic amines) is 1. The van der Waals surface area contributed by atoms with E-state index in [4.69, 9.17) is 0 Å². The third kappa shape index (κ3) is 4.23. The Labute approximate surface area is 197 Å². The molecule has 3 aromatic rings. The highest BCUT2D eigenvalue weighted by molar-refractivity contribution is 7.89. The van der Waals surface area contributed by atoms with E-state index in [0.717, 1.165) is 9.87 Å². The highest BCUT2D eigenvalue weighted by Gasteiger charge is 2.46. The third-order valence-corrected chi connectivity index (χ3v) is 7.52. The molecule has 2 aromatic carbocycles. The molecule has 1 saturated heterocycles. The van der Waals surface area contributed by atoms with Crippen LogP contribution in [0.2, 0.25) is 0 Å². The summed E-state index contributed by atoms with van der Waals surface area (Å²) in [7, 11) is -0.800. The topological polar surface area (TPSA) is 109 Å². The summed E-state index contributed by atoms with van der Waals surface area (Å²) in [4.78, 5) is 30.6. The van der Waals surface area contributed by atoms with Gasteiger partial charge >= 0.3 is 0 Å². The zero-order valence-corrected chi connectivity index (χ0v) is 19.5. The molecule has 0 aliphatic carbocycles. The zero-order chi connectivity index (χ0) is 24.5. The second-order valence-electron chi connectivity index (χ2n) is 8.06. The van der Waals surface area contributed by atoms with Gasteiger partial charge in [-0.2, -0.15) is 0 Å². The molecule has 1 unspecified atom stereocenters. The van der Waals surface area contributed by atoms with Gasteiger partial charge in [-0.05, 0) is 35.9 Å². The number of rotatable bonds is 6. The largest absolute Gasteiger partial charge is 0.507 e. The average molecular weight is 479 g/mol. The van der Waals surface area contributed by atoms with Crippen LogP contribution in [0, 0.1) is 0 Å². The van der Waals surface area contributed by atoms with Crippen LogP contribution in [-0.2, 0) is 26.2 Å². The Morgan fingerprint density at radius 1 is 1.00 bits per heavy atom. The summed E-state index contributed by atoms with van der Waals surface area (Å²) in [5, 5.41) is 11.1. The molecule has 4 rings (SSSR count). The number of hydrogen-bond acceptors (Lipinski definition) is 5. The minimum absolute atomic E-state index is 0.0423. The summed E-state index contributed by atoms with van der Waals surface area (Å²) in [6.45, 7) is 0.165. The van der Waals surface area contributed by atoms with Gasteiger partial charge in [-0.1, -0.05) is 30.3 Å². The number of aliphatic hydroxyl groups excluding tert-OH is 1. The number of nitrogens with zero attached hydrogens (tertiary/aromatic N) is 2. The second kappa shape index (κ2) is 9.20. The summed E-state index contributed by atoms with van der Waals surface area (Å²) < 4.78 is 25.8. The lowest BCUT2D eigenvalue weighted by molar-refractivity contribution is -0.378. The summed E-state index contributed by atoms with van der Waals surface area (Å²) in [5.74, 6) is -1.87. The van der Waals surface area contributed by atoms with Crippen LogP contribution in [0.15, 0.2) is 89.6 Å². The van der Waals surface area contributed by atoms with E-state index in [1.54, 1.807) is 42.7 Å². The van der Waals surface area contributed by atoms with Gasteiger partial charge in [-0.25, -0.2) is 17.7 Å². The van der Waals surface area contributed by atoms with Crippen molar-refractivity contribution in [3.8, 4) is 0 Å². The fraction of sp³-hybridized carbons (Fsp3) is 0.160. The van der Waals surface area contributed by atoms with Crippen molar-refractivity contribution in [2.75, 3.05) is 14.1 Å². The molecule has 0 bridgehead atoms. The van der Waals surface area contributed by atoms with Crippen LogP contribution in [0.1, 0.15) is 22.7 Å². The molecule has 0 saturated carbocycles. The van der Waals surface area contributed by atoms with Crippen LogP contribution in [0.5, 0.6) is 0 Å². The van der Waals surface area contributed by atoms with E-state index >= 15 is 0 Å². The zero-order valence-electron chi connectivity index (χ0n) is 18.7. The average Bonchev–Trinajstić information content (AvgIpc) is 3.09. The quantitative estimate of drug-likeness (QED) is 0.332. The number of hydrogen-bond donors (Lipinski definition) is 1.